The number of amides is 7. The molecule has 0 aromatic heterocycles. The van der Waals surface area contributed by atoms with Gasteiger partial charge in [0, 0.05) is 103 Å². The quantitative estimate of drug-likeness (QED) is 0.0248. The summed E-state index contributed by atoms with van der Waals surface area (Å²) in [6.07, 6.45) is 2.56. The largest absolute Gasteiger partial charge is 0.481 e. The number of hydrogen-bond donors (Lipinski definition) is 15. The topological polar surface area (TPSA) is 498 Å². The molecule has 1 saturated heterocycles. The summed E-state index contributed by atoms with van der Waals surface area (Å²) in [5.74, 6) is -13.6. The first kappa shape index (κ1) is 86.7. The Bertz CT molecular complexity index is 2830. The summed E-state index contributed by atoms with van der Waals surface area (Å²) in [5, 5.41) is 93.5. The summed E-state index contributed by atoms with van der Waals surface area (Å²) in [4.78, 5) is 180. The van der Waals surface area contributed by atoms with Crippen LogP contribution in [0.15, 0.2) is 24.3 Å². The fourth-order valence-corrected chi connectivity index (χ4v) is 16.2. The Kier molecular flexibility index (Phi) is 38.4. The predicted molar refractivity (Wildman–Crippen MR) is 358 cm³/mol. The maximum Gasteiger partial charge on any atom is 0.326 e. The van der Waals surface area contributed by atoms with Gasteiger partial charge < -0.3 is 82.2 Å². The van der Waals surface area contributed by atoms with Crippen LogP contribution in [0.2, 0.25) is 10.1 Å². The van der Waals surface area contributed by atoms with E-state index in [4.69, 9.17) is 5.11 Å². The van der Waals surface area contributed by atoms with Gasteiger partial charge in [-0.3, -0.25) is 67.5 Å². The van der Waals surface area contributed by atoms with Crippen molar-refractivity contribution < 1.29 is 112 Å². The third-order valence-electron chi connectivity index (χ3n) is 16.8. The summed E-state index contributed by atoms with van der Waals surface area (Å²) < 4.78 is 17.1. The Morgan fingerprint density at radius 1 is 0.424 bits per heavy atom. The van der Waals surface area contributed by atoms with Gasteiger partial charge in [-0.05, 0) is 85.2 Å². The first-order valence-corrected chi connectivity index (χ1v) is 35.2. The standard InChI is InChI=1S/C64H104FN11O22Si/c1-63(2,3)99(65,64(4,5)6)43-22-20-42(21-23-43)56(88)68-38-47(69-51(79)26-25-48(61(96)97)76-36-34-74(40-54(84)85)32-30-73(39-53(82)83)31-33-75(35-37-76)41-55(86)87)57(89)70-44(58(90)91)16-10-9-14-28-66-49(77)18-11-7-8-12-19-50(78)67-29-15-13-17-45(59(92)93)71-62(98)72-46(60(94)95)24-27-52(80)81/h20-23,44-48H,7-19,24-41H2,1-6H3,(H,66,77)(H,67,78)(H,68,88)(H,69,79)(H,70,89)(H,80,81)(H,82,83)(H,84,85)(H,86,87)(H,90,91)(H,92,93)(H,94,95)(H,96,97)(H2,71,72,98)/t44-,45-,46-,47-,48-/m0/s1. The van der Waals surface area contributed by atoms with Crippen molar-refractivity contribution in [1.29, 1.82) is 0 Å². The second-order valence-corrected chi connectivity index (χ2v) is 31.6. The molecule has 1 heterocycles. The Labute approximate surface area is 576 Å². The Hall–Kier alpha value is -8.41. The molecule has 33 nitrogen and oxygen atoms in total. The van der Waals surface area contributed by atoms with E-state index in [1.165, 1.54) is 31.7 Å². The Balaban J connectivity index is 2.06. The van der Waals surface area contributed by atoms with Crippen LogP contribution in [-0.4, -0.2) is 274 Å². The smallest absolute Gasteiger partial charge is 0.326 e. The molecule has 7 amide bonds. The zero-order valence-electron chi connectivity index (χ0n) is 57.6. The minimum absolute atomic E-state index is 0.0257. The Morgan fingerprint density at radius 2 is 0.828 bits per heavy atom. The highest BCUT2D eigenvalue weighted by Gasteiger charge is 2.56. The van der Waals surface area contributed by atoms with Gasteiger partial charge in [-0.2, -0.15) is 0 Å². The molecule has 15 N–H and O–H groups in total. The normalized spacial score (nSPS) is 15.5. The zero-order valence-corrected chi connectivity index (χ0v) is 58.6. The zero-order chi connectivity index (χ0) is 74.6. The molecule has 0 radical (unpaired) electrons. The van der Waals surface area contributed by atoms with Crippen LogP contribution in [0.25, 0.3) is 0 Å². The molecule has 0 saturated carbocycles. The van der Waals surface area contributed by atoms with E-state index < -0.39 is 172 Å². The number of aliphatic carboxylic acids is 8. The fraction of sp³-hybridized carbons (Fsp3) is 0.688. The number of unbranched alkanes of at least 4 members (excludes halogenated alkanes) is 6. The molecule has 1 aromatic rings. The SMILES string of the molecule is CC(C)(C)[Si](F)(c1ccc(C(=O)NC[C@H](NC(=O)CC[C@@H](C(=O)O)N2CCN(CC(=O)O)CCN(CC(=O)O)CCN(CC(=O)O)CC2)C(=O)N[C@@H](CCCCCNC(=O)CCCCCCC(=O)NCCCC[C@H](NC(=O)N[C@@H](CCC(=O)O)C(=O)O)C(=O)O)C(=O)O)cc1)C(C)(C)C. The number of carbonyl (C=O) groups is 14. The van der Waals surface area contributed by atoms with Gasteiger partial charge in [0.05, 0.1) is 19.6 Å². The summed E-state index contributed by atoms with van der Waals surface area (Å²) in [6.45, 7) is 9.54. The van der Waals surface area contributed by atoms with Gasteiger partial charge >= 0.3 is 53.8 Å². The van der Waals surface area contributed by atoms with E-state index in [1.54, 1.807) is 12.1 Å². The summed E-state index contributed by atoms with van der Waals surface area (Å²) >= 11 is 0. The van der Waals surface area contributed by atoms with Crippen LogP contribution < -0.4 is 42.4 Å². The number of nitrogens with one attached hydrogen (secondary N) is 7. The van der Waals surface area contributed by atoms with Crippen LogP contribution in [0.3, 0.4) is 0 Å². The average Bonchev–Trinajstić information content (AvgIpc) is 0.749. The molecule has 1 aliphatic heterocycles. The molecule has 0 bridgehead atoms. The number of carboxylic acid groups (broad SMARTS) is 8. The van der Waals surface area contributed by atoms with Gasteiger partial charge in [-0.15, -0.1) is 0 Å². The number of carboxylic acids is 8. The lowest BCUT2D eigenvalue weighted by Crippen LogP contribution is -2.58. The van der Waals surface area contributed by atoms with Crippen molar-refractivity contribution in [2.24, 2.45) is 0 Å². The molecular weight excluding hydrogens is 1320 g/mol. The molecule has 1 aliphatic rings. The number of carbonyl (C=O) groups excluding carboxylic acids is 6. The van der Waals surface area contributed by atoms with Gasteiger partial charge in [-0.25, -0.2) is 19.2 Å². The van der Waals surface area contributed by atoms with Crippen LogP contribution in [0.1, 0.15) is 161 Å². The molecule has 0 spiro atoms. The molecule has 5 atom stereocenters. The monoisotopic (exact) mass is 1430 g/mol. The summed E-state index contributed by atoms with van der Waals surface area (Å²) in [7, 11) is -3.74. The minimum atomic E-state index is -3.74. The Morgan fingerprint density at radius 3 is 1.24 bits per heavy atom. The average molecular weight is 1430 g/mol. The first-order valence-electron chi connectivity index (χ1n) is 33.3. The van der Waals surface area contributed by atoms with Gasteiger partial charge in [0.1, 0.15) is 30.2 Å². The van der Waals surface area contributed by atoms with Crippen molar-refractivity contribution in [1.82, 2.24) is 56.8 Å². The highest BCUT2D eigenvalue weighted by molar-refractivity contribution is 6.90. The highest BCUT2D eigenvalue weighted by Crippen LogP contribution is 2.51. The van der Waals surface area contributed by atoms with Crippen molar-refractivity contribution in [3.63, 3.8) is 0 Å². The van der Waals surface area contributed by atoms with Crippen LogP contribution in [0.5, 0.6) is 0 Å². The highest BCUT2D eigenvalue weighted by atomic mass is 28.4. The number of hydrogen-bond acceptors (Lipinski definition) is 18. The minimum Gasteiger partial charge on any atom is -0.481 e. The van der Waals surface area contributed by atoms with E-state index in [2.05, 4.69) is 37.2 Å². The van der Waals surface area contributed by atoms with Crippen molar-refractivity contribution in [2.45, 2.75) is 191 Å². The van der Waals surface area contributed by atoms with Gasteiger partial charge in [-0.1, -0.05) is 79.4 Å². The molecule has 558 valence electrons. The second kappa shape index (κ2) is 43.9. The van der Waals surface area contributed by atoms with E-state index in [0.717, 1.165) is 0 Å². The second-order valence-electron chi connectivity index (χ2n) is 26.7. The van der Waals surface area contributed by atoms with Crippen molar-refractivity contribution in [3.8, 4) is 0 Å². The van der Waals surface area contributed by atoms with Crippen LogP contribution in [0.4, 0.5) is 8.90 Å². The molecule has 35 heteroatoms. The maximum absolute atomic E-state index is 17.1. The lowest BCUT2D eigenvalue weighted by molar-refractivity contribution is -0.145. The molecule has 1 fully saturated rings. The van der Waals surface area contributed by atoms with E-state index in [9.17, 15) is 103 Å². The van der Waals surface area contributed by atoms with Crippen LogP contribution >= 0.6 is 0 Å². The van der Waals surface area contributed by atoms with Crippen molar-refractivity contribution in [2.75, 3.05) is 91.6 Å². The van der Waals surface area contributed by atoms with Gasteiger partial charge in [0.15, 0.2) is 0 Å². The van der Waals surface area contributed by atoms with Crippen molar-refractivity contribution in [3.05, 3.63) is 29.8 Å². The van der Waals surface area contributed by atoms with Gasteiger partial charge in [0.25, 0.3) is 14.3 Å². The maximum atomic E-state index is 17.1. The van der Waals surface area contributed by atoms with Crippen molar-refractivity contribution >= 4 is 96.9 Å². The molecule has 99 heavy (non-hydrogen) atoms. The predicted octanol–water partition coefficient (Wildman–Crippen LogP) is 1.28. The van der Waals surface area contributed by atoms with Gasteiger partial charge in [0.2, 0.25) is 23.6 Å². The fourth-order valence-electron chi connectivity index (χ4n) is 11.6. The lowest BCUT2D eigenvalue weighted by Gasteiger charge is -2.44. The van der Waals surface area contributed by atoms with E-state index in [1.807, 2.05) is 41.5 Å². The molecule has 2 rings (SSSR count). The number of halogens is 1. The van der Waals surface area contributed by atoms with Crippen LogP contribution in [0, 0.1) is 0 Å². The number of nitrogens with zero attached hydrogens (tertiary/aromatic N) is 4. The third-order valence-corrected chi connectivity index (χ3v) is 22.1. The number of benzene rings is 1. The molecule has 1 aromatic carbocycles. The number of urea groups is 1. The first-order chi connectivity index (χ1) is 46.3. The van der Waals surface area contributed by atoms with Crippen LogP contribution in [-0.2, 0) is 57.5 Å². The number of rotatable bonds is 44. The molecule has 0 aliphatic carbocycles. The summed E-state index contributed by atoms with van der Waals surface area (Å²) in [5.41, 5.74) is 0.0792. The van der Waals surface area contributed by atoms with E-state index in [-0.39, 0.29) is 121 Å². The summed E-state index contributed by atoms with van der Waals surface area (Å²) in [6, 6.07) is -2.60. The molecular formula is C64H104FN11O22Si. The molecule has 0 unspecified atom stereocenters. The lowest BCUT2D eigenvalue weighted by atomic mass is 10.1. The van der Waals surface area contributed by atoms with E-state index in [0.29, 0.717) is 50.1 Å². The van der Waals surface area contributed by atoms with E-state index >= 15 is 4.11 Å². The third kappa shape index (κ3) is 33.8.